The second-order valence-electron chi connectivity index (χ2n) is 5.50. The number of anilines is 1. The lowest BCUT2D eigenvalue weighted by atomic mass is 10.2. The van der Waals surface area contributed by atoms with Crippen LogP contribution in [0, 0.1) is 5.82 Å². The minimum atomic E-state index is -3.88. The summed E-state index contributed by atoms with van der Waals surface area (Å²) in [5.41, 5.74) is 0.386. The van der Waals surface area contributed by atoms with E-state index in [1.165, 1.54) is 43.3 Å². The van der Waals surface area contributed by atoms with Gasteiger partial charge in [0.2, 0.25) is 0 Å². The third kappa shape index (κ3) is 5.03. The third-order valence-electron chi connectivity index (χ3n) is 3.32. The van der Waals surface area contributed by atoms with Crippen molar-refractivity contribution in [3.8, 4) is 0 Å². The number of nitrogens with zero attached hydrogens (tertiary/aromatic N) is 1. The first-order valence-corrected chi connectivity index (χ1v) is 8.93. The van der Waals surface area contributed by atoms with Crippen LogP contribution in [0.4, 0.5) is 10.1 Å². The highest BCUT2D eigenvalue weighted by atomic mass is 32.2. The molecule has 0 fully saturated rings. The maximum Gasteiger partial charge on any atom is 0.338 e. The molecule has 0 aliphatic carbocycles. The molecule has 2 aromatic carbocycles. The van der Waals surface area contributed by atoms with Gasteiger partial charge in [0, 0.05) is 19.8 Å². The number of esters is 1. The molecule has 26 heavy (non-hydrogen) atoms. The number of hydrogen-bond acceptors (Lipinski definition) is 5. The van der Waals surface area contributed by atoms with Gasteiger partial charge in [-0.05, 0) is 48.5 Å². The summed E-state index contributed by atoms with van der Waals surface area (Å²) < 4.78 is 44.5. The van der Waals surface area contributed by atoms with Gasteiger partial charge in [-0.1, -0.05) is 0 Å². The molecule has 0 atom stereocenters. The van der Waals surface area contributed by atoms with E-state index in [9.17, 15) is 22.4 Å². The molecule has 1 N–H and O–H groups in total. The summed E-state index contributed by atoms with van der Waals surface area (Å²) in [4.78, 5) is 24.4. The summed E-state index contributed by atoms with van der Waals surface area (Å²) in [6, 6.07) is 9.87. The first-order valence-electron chi connectivity index (χ1n) is 7.45. The van der Waals surface area contributed by atoms with E-state index in [1.54, 1.807) is 0 Å². The van der Waals surface area contributed by atoms with Gasteiger partial charge in [0.1, 0.15) is 5.82 Å². The number of sulfonamides is 1. The van der Waals surface area contributed by atoms with E-state index in [-0.39, 0.29) is 28.7 Å². The standard InChI is InChI=1S/C17H17FN2O5S/c1-20(2)16(21)11-25-17(22)12-3-7-14(8-4-12)19-26(23,24)15-9-5-13(18)6-10-15/h3-10,19H,11H2,1-2H3. The highest BCUT2D eigenvalue weighted by Gasteiger charge is 2.15. The van der Waals surface area contributed by atoms with Gasteiger partial charge in [-0.2, -0.15) is 0 Å². The summed E-state index contributed by atoms with van der Waals surface area (Å²) in [7, 11) is -0.797. The van der Waals surface area contributed by atoms with E-state index in [4.69, 9.17) is 4.74 Å². The first-order chi connectivity index (χ1) is 12.2. The highest BCUT2D eigenvalue weighted by Crippen LogP contribution is 2.17. The van der Waals surface area contributed by atoms with E-state index < -0.39 is 21.8 Å². The highest BCUT2D eigenvalue weighted by molar-refractivity contribution is 7.92. The molecule has 0 aromatic heterocycles. The molecular weight excluding hydrogens is 363 g/mol. The van der Waals surface area contributed by atoms with Gasteiger partial charge < -0.3 is 9.64 Å². The Kier molecular flexibility index (Phi) is 5.93. The average Bonchev–Trinajstić information content (AvgIpc) is 2.60. The van der Waals surface area contributed by atoms with Crippen LogP contribution in [-0.2, 0) is 19.6 Å². The Labute approximate surface area is 150 Å². The van der Waals surface area contributed by atoms with Gasteiger partial charge in [0.05, 0.1) is 10.5 Å². The van der Waals surface area contributed by atoms with Gasteiger partial charge in [0.15, 0.2) is 6.61 Å². The Hall–Kier alpha value is -2.94. The average molecular weight is 380 g/mol. The van der Waals surface area contributed by atoms with Crippen LogP contribution in [0.5, 0.6) is 0 Å². The van der Waals surface area contributed by atoms with Crippen molar-refractivity contribution in [2.24, 2.45) is 0 Å². The van der Waals surface area contributed by atoms with Crippen molar-refractivity contribution in [2.45, 2.75) is 4.90 Å². The monoisotopic (exact) mass is 380 g/mol. The summed E-state index contributed by atoms with van der Waals surface area (Å²) in [5, 5.41) is 0. The minimum Gasteiger partial charge on any atom is -0.452 e. The number of carbonyl (C=O) groups excluding carboxylic acids is 2. The van der Waals surface area contributed by atoms with Crippen molar-refractivity contribution < 1.29 is 27.1 Å². The summed E-state index contributed by atoms with van der Waals surface area (Å²) in [5.74, 6) is -1.60. The molecule has 1 amide bonds. The fraction of sp³-hybridized carbons (Fsp3) is 0.176. The maximum absolute atomic E-state index is 12.9. The number of nitrogens with one attached hydrogen (secondary N) is 1. The number of ether oxygens (including phenoxy) is 1. The Bertz CT molecular complexity index is 894. The van der Waals surface area contributed by atoms with Crippen LogP contribution in [0.1, 0.15) is 10.4 Å². The van der Waals surface area contributed by atoms with Gasteiger partial charge in [0.25, 0.3) is 15.9 Å². The minimum absolute atomic E-state index is 0.0930. The fourth-order valence-electron chi connectivity index (χ4n) is 1.84. The second kappa shape index (κ2) is 7.96. The number of hydrogen-bond donors (Lipinski definition) is 1. The zero-order chi connectivity index (χ0) is 19.3. The van der Waals surface area contributed by atoms with E-state index in [0.717, 1.165) is 24.3 Å². The smallest absolute Gasteiger partial charge is 0.338 e. The van der Waals surface area contributed by atoms with Crippen molar-refractivity contribution >= 4 is 27.6 Å². The molecule has 138 valence electrons. The van der Waals surface area contributed by atoms with Crippen LogP contribution in [0.2, 0.25) is 0 Å². The normalized spacial score (nSPS) is 10.9. The van der Waals surface area contributed by atoms with Crippen molar-refractivity contribution in [1.82, 2.24) is 4.90 Å². The van der Waals surface area contributed by atoms with Crippen LogP contribution < -0.4 is 4.72 Å². The Morgan fingerprint density at radius 2 is 1.62 bits per heavy atom. The van der Waals surface area contributed by atoms with Gasteiger partial charge in [-0.15, -0.1) is 0 Å². The molecule has 0 saturated heterocycles. The number of likely N-dealkylation sites (N-methyl/N-ethyl adjacent to an activating group) is 1. The fourth-order valence-corrected chi connectivity index (χ4v) is 2.90. The lowest BCUT2D eigenvalue weighted by molar-refractivity contribution is -0.131. The Balaban J connectivity index is 2.04. The van der Waals surface area contributed by atoms with Crippen molar-refractivity contribution in [1.29, 1.82) is 0 Å². The molecule has 0 heterocycles. The van der Waals surface area contributed by atoms with E-state index in [2.05, 4.69) is 4.72 Å². The zero-order valence-electron chi connectivity index (χ0n) is 14.1. The summed E-state index contributed by atoms with van der Waals surface area (Å²) >= 11 is 0. The van der Waals surface area contributed by atoms with Crippen LogP contribution in [0.15, 0.2) is 53.4 Å². The topological polar surface area (TPSA) is 92.8 Å². The quantitative estimate of drug-likeness (QED) is 0.773. The number of benzene rings is 2. The summed E-state index contributed by atoms with van der Waals surface area (Å²) in [6.07, 6.45) is 0. The van der Waals surface area contributed by atoms with Crippen molar-refractivity contribution in [2.75, 3.05) is 25.4 Å². The Morgan fingerprint density at radius 3 is 2.15 bits per heavy atom. The van der Waals surface area contributed by atoms with Crippen LogP contribution in [-0.4, -0.2) is 45.9 Å². The SMILES string of the molecule is CN(C)C(=O)COC(=O)c1ccc(NS(=O)(=O)c2ccc(F)cc2)cc1. The summed E-state index contributed by atoms with van der Waals surface area (Å²) in [6.45, 7) is -0.384. The number of amides is 1. The van der Waals surface area contributed by atoms with E-state index in [1.807, 2.05) is 0 Å². The molecule has 7 nitrogen and oxygen atoms in total. The van der Waals surface area contributed by atoms with E-state index >= 15 is 0 Å². The lowest BCUT2D eigenvalue weighted by Gasteiger charge is -2.11. The molecule has 0 spiro atoms. The molecule has 0 saturated carbocycles. The largest absolute Gasteiger partial charge is 0.452 e. The van der Waals surface area contributed by atoms with Crippen molar-refractivity contribution in [3.05, 3.63) is 59.9 Å². The van der Waals surface area contributed by atoms with Crippen molar-refractivity contribution in [3.63, 3.8) is 0 Å². The molecule has 0 unspecified atom stereocenters. The van der Waals surface area contributed by atoms with Crippen LogP contribution >= 0.6 is 0 Å². The zero-order valence-corrected chi connectivity index (χ0v) is 14.9. The number of halogens is 1. The molecule has 0 aliphatic heterocycles. The predicted molar refractivity (Wildman–Crippen MR) is 92.6 cm³/mol. The molecule has 9 heteroatoms. The molecular formula is C17H17FN2O5S. The van der Waals surface area contributed by atoms with Crippen LogP contribution in [0.3, 0.4) is 0 Å². The van der Waals surface area contributed by atoms with E-state index in [0.29, 0.717) is 0 Å². The molecule has 2 rings (SSSR count). The molecule has 2 aromatic rings. The molecule has 0 aliphatic rings. The first kappa shape index (κ1) is 19.4. The Morgan fingerprint density at radius 1 is 1.04 bits per heavy atom. The predicted octanol–water partition coefficient (Wildman–Crippen LogP) is 1.87. The third-order valence-corrected chi connectivity index (χ3v) is 4.72. The van der Waals surface area contributed by atoms with Crippen LogP contribution in [0.25, 0.3) is 0 Å². The number of rotatable bonds is 6. The lowest BCUT2D eigenvalue weighted by Crippen LogP contribution is -2.27. The van der Waals surface area contributed by atoms with Gasteiger partial charge in [-0.25, -0.2) is 17.6 Å². The molecule has 0 bridgehead atoms. The second-order valence-corrected chi connectivity index (χ2v) is 7.18. The van der Waals surface area contributed by atoms with Gasteiger partial charge in [-0.3, -0.25) is 9.52 Å². The molecule has 0 radical (unpaired) electrons. The maximum atomic E-state index is 12.9. The van der Waals surface area contributed by atoms with Gasteiger partial charge >= 0.3 is 5.97 Å². The number of carbonyl (C=O) groups is 2.